The highest BCUT2D eigenvalue weighted by Crippen LogP contribution is 2.23. The molecule has 0 fully saturated rings. The van der Waals surface area contributed by atoms with Gasteiger partial charge in [-0.25, -0.2) is 14.4 Å². The fraction of sp³-hybridized carbons (Fsp3) is 0.200. The van der Waals surface area contributed by atoms with Gasteiger partial charge in [-0.05, 0) is 35.7 Å². The van der Waals surface area contributed by atoms with Crippen molar-refractivity contribution in [2.75, 3.05) is 18.5 Å². The number of benzene rings is 1. The first-order chi connectivity index (χ1) is 10.7. The zero-order valence-corrected chi connectivity index (χ0v) is 12.4. The lowest BCUT2D eigenvalue weighted by atomic mass is 10.3. The Balaban J connectivity index is 1.53. The van der Waals surface area contributed by atoms with Crippen LogP contribution in [0.3, 0.4) is 0 Å². The van der Waals surface area contributed by atoms with Gasteiger partial charge in [0.05, 0.1) is 5.39 Å². The van der Waals surface area contributed by atoms with Gasteiger partial charge in [-0.15, -0.1) is 11.3 Å². The number of halogens is 1. The van der Waals surface area contributed by atoms with Crippen molar-refractivity contribution in [2.45, 2.75) is 6.10 Å². The molecule has 7 heteroatoms. The van der Waals surface area contributed by atoms with Crippen LogP contribution in [-0.2, 0) is 0 Å². The average molecular weight is 319 g/mol. The molecule has 0 radical (unpaired) electrons. The Morgan fingerprint density at radius 3 is 2.86 bits per heavy atom. The van der Waals surface area contributed by atoms with Crippen molar-refractivity contribution in [3.8, 4) is 5.75 Å². The summed E-state index contributed by atoms with van der Waals surface area (Å²) in [7, 11) is 0. The van der Waals surface area contributed by atoms with E-state index in [0.717, 1.165) is 10.2 Å². The highest BCUT2D eigenvalue weighted by molar-refractivity contribution is 7.16. The van der Waals surface area contributed by atoms with Gasteiger partial charge in [0.25, 0.3) is 0 Å². The topological polar surface area (TPSA) is 67.3 Å². The third-order valence-corrected chi connectivity index (χ3v) is 3.84. The summed E-state index contributed by atoms with van der Waals surface area (Å²) in [6, 6.07) is 7.61. The van der Waals surface area contributed by atoms with E-state index in [1.165, 1.54) is 41.9 Å². The van der Waals surface area contributed by atoms with Gasteiger partial charge < -0.3 is 15.2 Å². The lowest BCUT2D eigenvalue weighted by molar-refractivity contribution is 0.117. The molecular weight excluding hydrogens is 305 g/mol. The molecule has 0 bridgehead atoms. The predicted octanol–water partition coefficient (Wildman–Crippen LogP) is 2.68. The maximum absolute atomic E-state index is 12.8. The molecule has 3 aromatic rings. The number of aromatic nitrogens is 2. The quantitative estimate of drug-likeness (QED) is 0.731. The number of anilines is 1. The molecule has 0 aliphatic heterocycles. The number of ether oxygens (including phenoxy) is 1. The van der Waals surface area contributed by atoms with E-state index in [-0.39, 0.29) is 12.4 Å². The second kappa shape index (κ2) is 6.67. The summed E-state index contributed by atoms with van der Waals surface area (Å²) in [6.45, 7) is 0.402. The molecule has 3 rings (SSSR count). The summed E-state index contributed by atoms with van der Waals surface area (Å²) in [5.74, 6) is 0.882. The largest absolute Gasteiger partial charge is 0.491 e. The smallest absolute Gasteiger partial charge is 0.138 e. The molecule has 1 aromatic carbocycles. The Morgan fingerprint density at radius 1 is 1.23 bits per heavy atom. The van der Waals surface area contributed by atoms with Crippen molar-refractivity contribution in [3.63, 3.8) is 0 Å². The van der Waals surface area contributed by atoms with Gasteiger partial charge in [0.1, 0.15) is 41.3 Å². The van der Waals surface area contributed by atoms with E-state index in [1.807, 2.05) is 11.4 Å². The van der Waals surface area contributed by atoms with Crippen molar-refractivity contribution < 1.29 is 14.2 Å². The first-order valence-electron chi connectivity index (χ1n) is 6.71. The van der Waals surface area contributed by atoms with Crippen LogP contribution in [0.15, 0.2) is 42.0 Å². The fourth-order valence-electron chi connectivity index (χ4n) is 1.93. The summed E-state index contributed by atoms with van der Waals surface area (Å²) >= 11 is 1.54. The molecule has 1 atom stereocenters. The third-order valence-electron chi connectivity index (χ3n) is 3.02. The lowest BCUT2D eigenvalue weighted by Crippen LogP contribution is -2.26. The zero-order valence-electron chi connectivity index (χ0n) is 11.6. The monoisotopic (exact) mass is 319 g/mol. The van der Waals surface area contributed by atoms with Crippen LogP contribution in [0.1, 0.15) is 0 Å². The summed E-state index contributed by atoms with van der Waals surface area (Å²) in [6.07, 6.45) is 0.774. The molecule has 1 unspecified atom stereocenters. The number of rotatable bonds is 6. The first-order valence-corrected chi connectivity index (χ1v) is 7.59. The van der Waals surface area contributed by atoms with E-state index in [4.69, 9.17) is 4.74 Å². The van der Waals surface area contributed by atoms with Crippen LogP contribution < -0.4 is 10.1 Å². The normalized spacial score (nSPS) is 12.3. The SMILES string of the molecule is OC(CNc1ncnc2sccc12)COc1ccc(F)cc1. The minimum atomic E-state index is -0.714. The molecule has 5 nitrogen and oxygen atoms in total. The molecule has 114 valence electrons. The predicted molar refractivity (Wildman–Crippen MR) is 83.8 cm³/mol. The molecule has 0 spiro atoms. The molecule has 22 heavy (non-hydrogen) atoms. The number of hydrogen-bond donors (Lipinski definition) is 2. The van der Waals surface area contributed by atoms with Crippen LogP contribution in [0, 0.1) is 5.82 Å². The molecule has 0 saturated heterocycles. The minimum Gasteiger partial charge on any atom is -0.491 e. The van der Waals surface area contributed by atoms with Crippen LogP contribution >= 0.6 is 11.3 Å². The highest BCUT2D eigenvalue weighted by atomic mass is 32.1. The summed E-state index contributed by atoms with van der Waals surface area (Å²) in [5, 5.41) is 15.9. The Labute approximate surface area is 130 Å². The second-order valence-corrected chi connectivity index (χ2v) is 5.56. The van der Waals surface area contributed by atoms with Gasteiger partial charge in [-0.3, -0.25) is 0 Å². The first kappa shape index (κ1) is 14.7. The van der Waals surface area contributed by atoms with Gasteiger partial charge in [0, 0.05) is 6.54 Å². The van der Waals surface area contributed by atoms with E-state index in [1.54, 1.807) is 0 Å². The van der Waals surface area contributed by atoms with Gasteiger partial charge in [-0.2, -0.15) is 0 Å². The molecule has 2 aromatic heterocycles. The van der Waals surface area contributed by atoms with E-state index in [0.29, 0.717) is 18.1 Å². The maximum Gasteiger partial charge on any atom is 0.138 e. The highest BCUT2D eigenvalue weighted by Gasteiger charge is 2.09. The van der Waals surface area contributed by atoms with Gasteiger partial charge in [-0.1, -0.05) is 0 Å². The fourth-order valence-corrected chi connectivity index (χ4v) is 2.66. The number of fused-ring (bicyclic) bond motifs is 1. The number of aliphatic hydroxyl groups is 1. The molecule has 2 N–H and O–H groups in total. The standard InChI is InChI=1S/C15H14FN3O2S/c16-10-1-3-12(4-2-10)21-8-11(20)7-17-14-13-5-6-22-15(13)19-9-18-14/h1-6,9,11,20H,7-8H2,(H,17,18,19). The van der Waals surface area contributed by atoms with Gasteiger partial charge in [0.15, 0.2) is 0 Å². The molecule has 0 aliphatic rings. The number of nitrogens with one attached hydrogen (secondary N) is 1. The second-order valence-electron chi connectivity index (χ2n) is 4.66. The Hall–Kier alpha value is -2.25. The summed E-state index contributed by atoms with van der Waals surface area (Å²) in [5.41, 5.74) is 0. The van der Waals surface area contributed by atoms with Crippen LogP contribution in [0.25, 0.3) is 10.2 Å². The van der Waals surface area contributed by atoms with E-state index >= 15 is 0 Å². The number of aliphatic hydroxyl groups excluding tert-OH is 1. The molecule has 0 saturated carbocycles. The number of nitrogens with zero attached hydrogens (tertiary/aromatic N) is 2. The van der Waals surface area contributed by atoms with Crippen molar-refractivity contribution in [2.24, 2.45) is 0 Å². The third kappa shape index (κ3) is 3.49. The summed E-state index contributed by atoms with van der Waals surface area (Å²) < 4.78 is 18.2. The molecular formula is C15H14FN3O2S. The number of thiophene rings is 1. The Morgan fingerprint density at radius 2 is 2.05 bits per heavy atom. The molecule has 2 heterocycles. The molecule has 0 aliphatic carbocycles. The van der Waals surface area contributed by atoms with Crippen molar-refractivity contribution in [1.82, 2.24) is 9.97 Å². The van der Waals surface area contributed by atoms with Crippen LogP contribution in [0.4, 0.5) is 10.2 Å². The average Bonchev–Trinajstić information content (AvgIpc) is 3.01. The number of hydrogen-bond acceptors (Lipinski definition) is 6. The van der Waals surface area contributed by atoms with E-state index < -0.39 is 6.10 Å². The minimum absolute atomic E-state index is 0.108. The van der Waals surface area contributed by atoms with Crippen molar-refractivity contribution in [1.29, 1.82) is 0 Å². The zero-order chi connectivity index (χ0) is 15.4. The molecule has 0 amide bonds. The van der Waals surface area contributed by atoms with E-state index in [9.17, 15) is 9.50 Å². The van der Waals surface area contributed by atoms with Crippen LogP contribution in [0.5, 0.6) is 5.75 Å². The summed E-state index contributed by atoms with van der Waals surface area (Å²) in [4.78, 5) is 9.23. The lowest BCUT2D eigenvalue weighted by Gasteiger charge is -2.14. The van der Waals surface area contributed by atoms with Crippen LogP contribution in [0.2, 0.25) is 0 Å². The van der Waals surface area contributed by atoms with Crippen molar-refractivity contribution in [3.05, 3.63) is 47.9 Å². The Bertz CT molecular complexity index is 748. The van der Waals surface area contributed by atoms with Gasteiger partial charge >= 0.3 is 0 Å². The van der Waals surface area contributed by atoms with Gasteiger partial charge in [0.2, 0.25) is 0 Å². The van der Waals surface area contributed by atoms with E-state index in [2.05, 4.69) is 15.3 Å². The maximum atomic E-state index is 12.8. The Kier molecular flexibility index (Phi) is 4.45. The van der Waals surface area contributed by atoms with Crippen LogP contribution in [-0.4, -0.2) is 34.3 Å². The van der Waals surface area contributed by atoms with Crippen molar-refractivity contribution >= 4 is 27.4 Å².